The SMILES string of the molecule is O=C(c1cccc(C(F)(F)F)c1)N(CCN1CCOCC1)Cc1cccc(Oc2ccccc2)c1. The normalized spacial score (nSPS) is 14.5. The highest BCUT2D eigenvalue weighted by molar-refractivity contribution is 5.94. The minimum atomic E-state index is -4.52. The number of halogens is 3. The molecule has 1 saturated heterocycles. The van der Waals surface area contributed by atoms with E-state index >= 15 is 0 Å². The van der Waals surface area contributed by atoms with Crippen LogP contribution in [-0.2, 0) is 17.5 Å². The molecule has 1 aliphatic heterocycles. The van der Waals surface area contributed by atoms with Gasteiger partial charge in [-0.2, -0.15) is 13.2 Å². The van der Waals surface area contributed by atoms with E-state index in [0.29, 0.717) is 37.8 Å². The molecule has 0 N–H and O–H groups in total. The second-order valence-electron chi connectivity index (χ2n) is 8.32. The summed E-state index contributed by atoms with van der Waals surface area (Å²) in [7, 11) is 0. The van der Waals surface area contributed by atoms with E-state index in [1.807, 2.05) is 54.6 Å². The molecule has 4 rings (SSSR count). The number of para-hydroxylation sites is 1. The van der Waals surface area contributed by atoms with Crippen LogP contribution in [0.3, 0.4) is 0 Å². The number of carbonyl (C=O) groups is 1. The number of carbonyl (C=O) groups excluding carboxylic acids is 1. The summed E-state index contributed by atoms with van der Waals surface area (Å²) in [5, 5.41) is 0. The standard InChI is InChI=1S/C27H27F3N2O3/c28-27(29,30)23-8-5-7-22(19-23)26(33)32(13-12-31-14-16-34-17-15-31)20-21-6-4-11-25(18-21)35-24-9-2-1-3-10-24/h1-11,18-19H,12-17,20H2. The molecule has 0 unspecified atom stereocenters. The summed E-state index contributed by atoms with van der Waals surface area (Å²) in [5.74, 6) is 0.862. The third-order valence-electron chi connectivity index (χ3n) is 5.76. The highest BCUT2D eigenvalue weighted by atomic mass is 19.4. The van der Waals surface area contributed by atoms with Crippen molar-refractivity contribution >= 4 is 5.91 Å². The van der Waals surface area contributed by atoms with Crippen molar-refractivity contribution in [2.24, 2.45) is 0 Å². The van der Waals surface area contributed by atoms with E-state index in [4.69, 9.17) is 9.47 Å². The number of morpholine rings is 1. The zero-order chi connectivity index (χ0) is 24.7. The van der Waals surface area contributed by atoms with Crippen LogP contribution in [0.4, 0.5) is 13.2 Å². The lowest BCUT2D eigenvalue weighted by Gasteiger charge is -2.30. The molecule has 3 aromatic carbocycles. The largest absolute Gasteiger partial charge is 0.457 e. The monoisotopic (exact) mass is 484 g/mol. The molecule has 1 fully saturated rings. The first kappa shape index (κ1) is 24.8. The third-order valence-corrected chi connectivity index (χ3v) is 5.76. The molecule has 5 nitrogen and oxygen atoms in total. The van der Waals surface area contributed by atoms with Gasteiger partial charge in [0.05, 0.1) is 18.8 Å². The van der Waals surface area contributed by atoms with Gasteiger partial charge in [-0.1, -0.05) is 36.4 Å². The van der Waals surface area contributed by atoms with E-state index < -0.39 is 17.6 Å². The molecule has 0 aliphatic carbocycles. The molecule has 0 atom stereocenters. The fourth-order valence-corrected chi connectivity index (χ4v) is 3.90. The Balaban J connectivity index is 1.53. The van der Waals surface area contributed by atoms with Crippen LogP contribution in [0.15, 0.2) is 78.9 Å². The van der Waals surface area contributed by atoms with E-state index in [-0.39, 0.29) is 12.1 Å². The molecule has 0 aromatic heterocycles. The van der Waals surface area contributed by atoms with Gasteiger partial charge in [0.2, 0.25) is 0 Å². The third kappa shape index (κ3) is 7.07. The Labute approximate surface area is 202 Å². The van der Waals surface area contributed by atoms with E-state index in [9.17, 15) is 18.0 Å². The van der Waals surface area contributed by atoms with Crippen LogP contribution in [0, 0.1) is 0 Å². The number of amides is 1. The number of nitrogens with zero attached hydrogens (tertiary/aromatic N) is 2. The fraction of sp³-hybridized carbons (Fsp3) is 0.296. The first-order valence-corrected chi connectivity index (χ1v) is 11.5. The van der Waals surface area contributed by atoms with Crippen LogP contribution < -0.4 is 4.74 Å². The molecule has 1 amide bonds. The van der Waals surface area contributed by atoms with Crippen LogP contribution in [0.25, 0.3) is 0 Å². The molecular formula is C27H27F3N2O3. The first-order valence-electron chi connectivity index (χ1n) is 11.5. The maximum Gasteiger partial charge on any atom is 0.416 e. The van der Waals surface area contributed by atoms with Crippen molar-refractivity contribution in [3.8, 4) is 11.5 Å². The van der Waals surface area contributed by atoms with Crippen molar-refractivity contribution in [1.29, 1.82) is 0 Å². The molecule has 1 heterocycles. The molecular weight excluding hydrogens is 457 g/mol. The lowest BCUT2D eigenvalue weighted by molar-refractivity contribution is -0.137. The maximum absolute atomic E-state index is 13.4. The topological polar surface area (TPSA) is 42.0 Å². The van der Waals surface area contributed by atoms with Crippen LogP contribution in [0.5, 0.6) is 11.5 Å². The van der Waals surface area contributed by atoms with Gasteiger partial charge in [-0.05, 0) is 48.0 Å². The van der Waals surface area contributed by atoms with E-state index in [1.165, 1.54) is 12.1 Å². The second kappa shape index (κ2) is 11.4. The zero-order valence-electron chi connectivity index (χ0n) is 19.2. The van der Waals surface area contributed by atoms with Crippen LogP contribution >= 0.6 is 0 Å². The Morgan fingerprint density at radius 3 is 2.37 bits per heavy atom. The Kier molecular flexibility index (Phi) is 8.05. The summed E-state index contributed by atoms with van der Waals surface area (Å²) in [4.78, 5) is 17.1. The lowest BCUT2D eigenvalue weighted by Crippen LogP contribution is -2.43. The number of ether oxygens (including phenoxy) is 2. The van der Waals surface area contributed by atoms with Crippen LogP contribution in [0.2, 0.25) is 0 Å². The molecule has 0 bridgehead atoms. The molecule has 0 radical (unpaired) electrons. The predicted octanol–water partition coefficient (Wildman–Crippen LogP) is 5.47. The highest BCUT2D eigenvalue weighted by Crippen LogP contribution is 2.30. The molecule has 35 heavy (non-hydrogen) atoms. The average molecular weight is 485 g/mol. The summed E-state index contributed by atoms with van der Waals surface area (Å²) in [6, 6.07) is 21.3. The smallest absolute Gasteiger partial charge is 0.416 e. The van der Waals surface area contributed by atoms with Gasteiger partial charge in [-0.25, -0.2) is 0 Å². The van der Waals surface area contributed by atoms with Gasteiger partial charge in [0.15, 0.2) is 0 Å². The minimum Gasteiger partial charge on any atom is -0.457 e. The quantitative estimate of drug-likeness (QED) is 0.425. The van der Waals surface area contributed by atoms with Crippen molar-refractivity contribution in [2.45, 2.75) is 12.7 Å². The number of hydrogen-bond donors (Lipinski definition) is 0. The highest BCUT2D eigenvalue weighted by Gasteiger charge is 2.31. The summed E-state index contributed by atoms with van der Waals surface area (Å²) < 4.78 is 51.0. The molecule has 184 valence electrons. The summed E-state index contributed by atoms with van der Waals surface area (Å²) in [6.07, 6.45) is -4.52. The van der Waals surface area contributed by atoms with E-state index in [1.54, 1.807) is 4.90 Å². The Hall–Kier alpha value is -3.36. The average Bonchev–Trinajstić information content (AvgIpc) is 2.87. The van der Waals surface area contributed by atoms with Crippen molar-refractivity contribution in [3.63, 3.8) is 0 Å². The second-order valence-corrected chi connectivity index (χ2v) is 8.32. The van der Waals surface area contributed by atoms with Crippen LogP contribution in [0.1, 0.15) is 21.5 Å². The maximum atomic E-state index is 13.4. The summed E-state index contributed by atoms with van der Waals surface area (Å²) >= 11 is 0. The number of hydrogen-bond acceptors (Lipinski definition) is 4. The number of rotatable bonds is 8. The van der Waals surface area contributed by atoms with Gasteiger partial charge in [-0.15, -0.1) is 0 Å². The number of alkyl halides is 3. The van der Waals surface area contributed by atoms with Crippen molar-refractivity contribution in [2.75, 3.05) is 39.4 Å². The van der Waals surface area contributed by atoms with Gasteiger partial charge in [0.1, 0.15) is 11.5 Å². The summed E-state index contributed by atoms with van der Waals surface area (Å²) in [5.41, 5.74) is -0.00559. The van der Waals surface area contributed by atoms with Gasteiger partial charge < -0.3 is 14.4 Å². The predicted molar refractivity (Wildman–Crippen MR) is 126 cm³/mol. The van der Waals surface area contributed by atoms with Crippen molar-refractivity contribution < 1.29 is 27.4 Å². The van der Waals surface area contributed by atoms with Crippen molar-refractivity contribution in [3.05, 3.63) is 95.6 Å². The Morgan fingerprint density at radius 1 is 0.914 bits per heavy atom. The number of benzene rings is 3. The van der Waals surface area contributed by atoms with E-state index in [0.717, 1.165) is 30.8 Å². The lowest BCUT2D eigenvalue weighted by atomic mass is 10.1. The van der Waals surface area contributed by atoms with Crippen molar-refractivity contribution in [1.82, 2.24) is 9.80 Å². The Bertz CT molecular complexity index is 1120. The first-order chi connectivity index (χ1) is 16.9. The van der Waals surface area contributed by atoms with Gasteiger partial charge in [0, 0.05) is 38.3 Å². The minimum absolute atomic E-state index is 0.0125. The van der Waals surface area contributed by atoms with Gasteiger partial charge in [-0.3, -0.25) is 9.69 Å². The fourth-order valence-electron chi connectivity index (χ4n) is 3.90. The van der Waals surface area contributed by atoms with E-state index in [2.05, 4.69) is 4.90 Å². The molecule has 0 saturated carbocycles. The molecule has 1 aliphatic rings. The molecule has 8 heteroatoms. The molecule has 3 aromatic rings. The van der Waals surface area contributed by atoms with Gasteiger partial charge >= 0.3 is 6.18 Å². The Morgan fingerprint density at radius 2 is 1.63 bits per heavy atom. The van der Waals surface area contributed by atoms with Gasteiger partial charge in [0.25, 0.3) is 5.91 Å². The summed E-state index contributed by atoms with van der Waals surface area (Å²) in [6.45, 7) is 3.98. The van der Waals surface area contributed by atoms with Crippen LogP contribution in [-0.4, -0.2) is 55.1 Å². The zero-order valence-corrected chi connectivity index (χ0v) is 19.2. The molecule has 0 spiro atoms.